The van der Waals surface area contributed by atoms with Crippen molar-refractivity contribution in [2.45, 2.75) is 40.0 Å². The summed E-state index contributed by atoms with van der Waals surface area (Å²) < 4.78 is 1.06. The number of thiazole rings is 1. The average molecular weight is 520 g/mol. The molecule has 10 heteroatoms. The molecule has 0 saturated carbocycles. The Morgan fingerprint density at radius 3 is 2.57 bits per heavy atom. The number of nitrogens with one attached hydrogen (secondary N) is 3. The smallest absolute Gasteiger partial charge is 0.226 e. The highest BCUT2D eigenvalue weighted by molar-refractivity contribution is 7.21. The van der Waals surface area contributed by atoms with Crippen LogP contribution in [0.4, 0.5) is 17.5 Å². The molecule has 0 radical (unpaired) electrons. The normalized spacial score (nSPS) is 11.9. The van der Waals surface area contributed by atoms with E-state index in [4.69, 9.17) is 9.97 Å². The summed E-state index contributed by atoms with van der Waals surface area (Å²) >= 11 is 1.59. The third kappa shape index (κ3) is 6.78. The van der Waals surface area contributed by atoms with Gasteiger partial charge in [0.15, 0.2) is 0 Å². The first-order valence-corrected chi connectivity index (χ1v) is 13.3. The molecule has 3 heterocycles. The second kappa shape index (κ2) is 12.6. The van der Waals surface area contributed by atoms with E-state index < -0.39 is 0 Å². The van der Waals surface area contributed by atoms with E-state index in [2.05, 4.69) is 32.8 Å². The minimum Gasteiger partial charge on any atom is -0.396 e. The Labute approximate surface area is 220 Å². The Morgan fingerprint density at radius 1 is 1.03 bits per heavy atom. The fourth-order valence-corrected chi connectivity index (χ4v) is 5.09. The van der Waals surface area contributed by atoms with Gasteiger partial charge >= 0.3 is 0 Å². The van der Waals surface area contributed by atoms with Crippen molar-refractivity contribution in [1.82, 2.24) is 19.9 Å². The number of para-hydroxylation sites is 1. The molecule has 1 amide bonds. The zero-order valence-corrected chi connectivity index (χ0v) is 22.2. The number of nitrogens with zero attached hydrogens (tertiary/aromatic N) is 4. The molecule has 1 atom stereocenters. The van der Waals surface area contributed by atoms with Gasteiger partial charge in [0.25, 0.3) is 0 Å². The molecule has 194 valence electrons. The molecule has 1 aromatic carbocycles. The van der Waals surface area contributed by atoms with Gasteiger partial charge in [-0.05, 0) is 44.4 Å². The first-order valence-electron chi connectivity index (χ1n) is 12.5. The van der Waals surface area contributed by atoms with Crippen LogP contribution in [0.15, 0.2) is 42.6 Å². The predicted molar refractivity (Wildman–Crippen MR) is 150 cm³/mol. The van der Waals surface area contributed by atoms with Crippen LogP contribution < -0.4 is 16.0 Å². The van der Waals surface area contributed by atoms with Crippen LogP contribution in [0.2, 0.25) is 0 Å². The highest BCUT2D eigenvalue weighted by atomic mass is 32.1. The third-order valence-corrected chi connectivity index (χ3v) is 7.21. The van der Waals surface area contributed by atoms with Crippen LogP contribution in [0.25, 0.3) is 20.8 Å². The molecule has 0 aliphatic carbocycles. The topological polar surface area (TPSA) is 125 Å². The van der Waals surface area contributed by atoms with Crippen molar-refractivity contribution in [2.75, 3.05) is 35.6 Å². The maximum Gasteiger partial charge on any atom is 0.226 e. The van der Waals surface area contributed by atoms with E-state index >= 15 is 0 Å². The minimum absolute atomic E-state index is 0.0848. The predicted octanol–water partition coefficient (Wildman–Crippen LogP) is 5.03. The fraction of sp³-hybridized carbons (Fsp3) is 0.370. The molecular formula is C27H33N7O2S. The van der Waals surface area contributed by atoms with Gasteiger partial charge in [-0.15, -0.1) is 11.3 Å². The molecule has 0 fully saturated rings. The Kier molecular flexibility index (Phi) is 8.97. The molecule has 4 rings (SSSR count). The number of aromatic nitrogens is 4. The maximum atomic E-state index is 12.3. The zero-order chi connectivity index (χ0) is 26.2. The van der Waals surface area contributed by atoms with Crippen molar-refractivity contribution in [3.8, 4) is 10.6 Å². The summed E-state index contributed by atoms with van der Waals surface area (Å²) in [5.41, 5.74) is 4.17. The zero-order valence-electron chi connectivity index (χ0n) is 21.4. The number of aryl methyl sites for hydroxylation is 2. The number of benzene rings is 1. The van der Waals surface area contributed by atoms with Crippen molar-refractivity contribution in [2.24, 2.45) is 5.92 Å². The number of rotatable bonds is 12. The van der Waals surface area contributed by atoms with Gasteiger partial charge in [-0.1, -0.05) is 31.5 Å². The molecule has 0 aliphatic rings. The van der Waals surface area contributed by atoms with Crippen LogP contribution in [-0.4, -0.2) is 50.6 Å². The maximum absolute atomic E-state index is 12.3. The van der Waals surface area contributed by atoms with Gasteiger partial charge < -0.3 is 21.1 Å². The molecule has 0 bridgehead atoms. The van der Waals surface area contributed by atoms with Gasteiger partial charge in [-0.3, -0.25) is 9.78 Å². The largest absolute Gasteiger partial charge is 0.396 e. The minimum atomic E-state index is -0.0848. The Hall–Kier alpha value is -3.63. The van der Waals surface area contributed by atoms with E-state index in [0.717, 1.165) is 50.7 Å². The van der Waals surface area contributed by atoms with Crippen molar-refractivity contribution in [3.63, 3.8) is 0 Å². The van der Waals surface area contributed by atoms with Crippen molar-refractivity contribution >= 4 is 44.9 Å². The Bertz CT molecular complexity index is 1340. The van der Waals surface area contributed by atoms with E-state index in [0.29, 0.717) is 24.9 Å². The molecule has 4 N–H and O–H groups in total. The van der Waals surface area contributed by atoms with Gasteiger partial charge in [0, 0.05) is 38.0 Å². The Balaban J connectivity index is 1.53. The third-order valence-electron chi connectivity index (χ3n) is 6.17. The second-order valence-corrected chi connectivity index (χ2v) is 9.91. The van der Waals surface area contributed by atoms with Gasteiger partial charge in [-0.2, -0.15) is 4.98 Å². The molecule has 3 aromatic heterocycles. The number of amides is 1. The lowest BCUT2D eigenvalue weighted by molar-refractivity contribution is -0.115. The number of carbonyl (C=O) groups is 1. The molecule has 0 aliphatic heterocycles. The van der Waals surface area contributed by atoms with Crippen molar-refractivity contribution in [3.05, 3.63) is 54.0 Å². The standard InChI is InChI=1S/C27H33N7O2S/c1-4-19(16-35)10-13-29-25-23(26-33-24-18(3)28-14-11-21(24)37-26)17(2)31-27(34-25)30-15-12-22(36)32-20-8-6-5-7-9-20/h5-9,11,14,19,35H,4,10,12-13,15-16H2,1-3H3,(H,32,36)(H2,29,30,31,34). The molecule has 37 heavy (non-hydrogen) atoms. The number of aliphatic hydroxyl groups excluding tert-OH is 1. The second-order valence-electron chi connectivity index (χ2n) is 8.88. The fourth-order valence-electron chi connectivity index (χ4n) is 3.98. The summed E-state index contributed by atoms with van der Waals surface area (Å²) in [5.74, 6) is 1.28. The van der Waals surface area contributed by atoms with E-state index in [-0.39, 0.29) is 24.9 Å². The number of hydrogen-bond donors (Lipinski definition) is 4. The molecule has 1 unspecified atom stereocenters. The van der Waals surface area contributed by atoms with Gasteiger partial charge in [0.2, 0.25) is 11.9 Å². The highest BCUT2D eigenvalue weighted by Crippen LogP contribution is 2.36. The van der Waals surface area contributed by atoms with Gasteiger partial charge in [0.05, 0.1) is 21.7 Å². The van der Waals surface area contributed by atoms with E-state index in [9.17, 15) is 9.90 Å². The summed E-state index contributed by atoms with van der Waals surface area (Å²) in [6.07, 6.45) is 3.81. The van der Waals surface area contributed by atoms with E-state index in [1.165, 1.54) is 0 Å². The first-order chi connectivity index (χ1) is 18.0. The number of fused-ring (bicyclic) bond motifs is 1. The Morgan fingerprint density at radius 2 is 1.84 bits per heavy atom. The summed E-state index contributed by atoms with van der Waals surface area (Å²) in [5, 5.41) is 19.9. The lowest BCUT2D eigenvalue weighted by Crippen LogP contribution is -2.18. The first kappa shape index (κ1) is 26.4. The molecule has 9 nitrogen and oxygen atoms in total. The summed E-state index contributed by atoms with van der Waals surface area (Å²) in [4.78, 5) is 31.0. The van der Waals surface area contributed by atoms with Crippen LogP contribution in [0.5, 0.6) is 0 Å². The monoisotopic (exact) mass is 519 g/mol. The van der Waals surface area contributed by atoms with Gasteiger partial charge in [0.1, 0.15) is 16.3 Å². The van der Waals surface area contributed by atoms with Crippen molar-refractivity contribution in [1.29, 1.82) is 0 Å². The molecule has 0 saturated heterocycles. The highest BCUT2D eigenvalue weighted by Gasteiger charge is 2.19. The number of hydrogen-bond acceptors (Lipinski definition) is 9. The van der Waals surface area contributed by atoms with Crippen LogP contribution in [0.3, 0.4) is 0 Å². The van der Waals surface area contributed by atoms with Gasteiger partial charge in [-0.25, -0.2) is 9.97 Å². The molecule has 0 spiro atoms. The van der Waals surface area contributed by atoms with Crippen LogP contribution in [0, 0.1) is 19.8 Å². The van der Waals surface area contributed by atoms with E-state index in [1.54, 1.807) is 17.5 Å². The van der Waals surface area contributed by atoms with Crippen LogP contribution >= 0.6 is 11.3 Å². The lowest BCUT2D eigenvalue weighted by Gasteiger charge is -2.16. The number of aliphatic hydroxyl groups is 1. The average Bonchev–Trinajstić information content (AvgIpc) is 3.32. The lowest BCUT2D eigenvalue weighted by atomic mass is 10.0. The molecule has 4 aromatic rings. The van der Waals surface area contributed by atoms with Crippen LogP contribution in [-0.2, 0) is 4.79 Å². The van der Waals surface area contributed by atoms with E-state index in [1.807, 2.05) is 50.2 Å². The summed E-state index contributed by atoms with van der Waals surface area (Å²) in [6, 6.07) is 11.4. The summed E-state index contributed by atoms with van der Waals surface area (Å²) in [7, 11) is 0. The van der Waals surface area contributed by atoms with Crippen LogP contribution in [0.1, 0.15) is 37.6 Å². The number of pyridine rings is 1. The summed E-state index contributed by atoms with van der Waals surface area (Å²) in [6.45, 7) is 7.19. The SMILES string of the molecule is CCC(CO)CCNc1nc(NCCC(=O)Nc2ccccc2)nc(C)c1-c1nc2c(C)nccc2s1. The van der Waals surface area contributed by atoms with Crippen molar-refractivity contribution < 1.29 is 9.90 Å². The molecular weight excluding hydrogens is 486 g/mol. The quantitative estimate of drug-likeness (QED) is 0.205. The number of carbonyl (C=O) groups excluding carboxylic acids is 1. The number of anilines is 3.